The van der Waals surface area contributed by atoms with E-state index in [4.69, 9.17) is 26.1 Å². The third-order valence-corrected chi connectivity index (χ3v) is 4.97. The van der Waals surface area contributed by atoms with Crippen LogP contribution in [0.4, 0.5) is 5.69 Å². The maximum Gasteiger partial charge on any atom is 0.264 e. The molecule has 32 heavy (non-hydrogen) atoms. The molecule has 2 aromatic carbocycles. The van der Waals surface area contributed by atoms with Crippen molar-refractivity contribution in [3.05, 3.63) is 65.9 Å². The number of ether oxygens (including phenoxy) is 2. The monoisotopic (exact) mass is 448 g/mol. The molecule has 162 valence electrons. The summed E-state index contributed by atoms with van der Waals surface area (Å²) in [5.74, 6) is 0.813. The summed E-state index contributed by atoms with van der Waals surface area (Å²) in [6, 6.07) is 14.3. The number of hydrogen-bond donors (Lipinski definition) is 2. The zero-order valence-electron chi connectivity index (χ0n) is 17.6. The van der Waals surface area contributed by atoms with Gasteiger partial charge < -0.3 is 19.2 Å². The van der Waals surface area contributed by atoms with Crippen LogP contribution in [0.2, 0.25) is 0 Å². The van der Waals surface area contributed by atoms with Crippen LogP contribution in [0.3, 0.4) is 0 Å². The average molecular weight is 449 g/mol. The number of carbonyl (C=O) groups is 1. The SMILES string of the molecule is COc1cccc(OC)c1C(=O)NC(=S)Nc1ccc(-c2nc3ncccc3o2)cc1C. The van der Waals surface area contributed by atoms with Crippen LogP contribution in [0.5, 0.6) is 11.5 Å². The molecule has 0 saturated carbocycles. The molecule has 2 N–H and O–H groups in total. The first-order valence-electron chi connectivity index (χ1n) is 9.66. The first kappa shape index (κ1) is 21.3. The minimum atomic E-state index is -0.440. The standard InChI is InChI=1S/C23H20N4O4S/c1-13-12-14(22-26-20-18(31-22)8-5-11-24-20)9-10-15(13)25-23(32)27-21(28)19-16(29-2)6-4-7-17(19)30-3/h4-12H,1-3H3,(H2,25,27,28,32). The van der Waals surface area contributed by atoms with Gasteiger partial charge in [0.15, 0.2) is 16.3 Å². The van der Waals surface area contributed by atoms with E-state index in [-0.39, 0.29) is 10.7 Å². The van der Waals surface area contributed by atoms with E-state index >= 15 is 0 Å². The fourth-order valence-electron chi connectivity index (χ4n) is 3.22. The minimum Gasteiger partial charge on any atom is -0.496 e. The zero-order valence-corrected chi connectivity index (χ0v) is 18.4. The van der Waals surface area contributed by atoms with E-state index in [1.807, 2.05) is 31.2 Å². The van der Waals surface area contributed by atoms with Gasteiger partial charge in [-0.25, -0.2) is 4.98 Å². The Bertz CT molecular complexity index is 1260. The highest BCUT2D eigenvalue weighted by Gasteiger charge is 2.19. The van der Waals surface area contributed by atoms with Gasteiger partial charge in [-0.05, 0) is 67.2 Å². The summed E-state index contributed by atoms with van der Waals surface area (Å²) in [6.45, 7) is 1.92. The van der Waals surface area contributed by atoms with E-state index in [9.17, 15) is 4.79 Å². The fraction of sp³-hybridized carbons (Fsp3) is 0.130. The first-order chi connectivity index (χ1) is 15.5. The molecule has 1 amide bonds. The number of oxazole rings is 1. The summed E-state index contributed by atoms with van der Waals surface area (Å²) in [5, 5.41) is 5.86. The maximum atomic E-state index is 12.8. The molecule has 0 fully saturated rings. The molecule has 2 aromatic heterocycles. The number of amides is 1. The summed E-state index contributed by atoms with van der Waals surface area (Å²) in [6.07, 6.45) is 1.67. The number of pyridine rings is 1. The van der Waals surface area contributed by atoms with Gasteiger partial charge in [0.25, 0.3) is 5.91 Å². The molecule has 0 aliphatic rings. The third-order valence-electron chi connectivity index (χ3n) is 4.77. The van der Waals surface area contributed by atoms with Gasteiger partial charge in [-0.2, -0.15) is 4.98 Å². The van der Waals surface area contributed by atoms with Crippen molar-refractivity contribution in [1.29, 1.82) is 0 Å². The molecule has 0 radical (unpaired) electrons. The summed E-state index contributed by atoms with van der Waals surface area (Å²) in [7, 11) is 2.97. The first-order valence-corrected chi connectivity index (χ1v) is 10.1. The van der Waals surface area contributed by atoms with Gasteiger partial charge in [-0.1, -0.05) is 6.07 Å². The zero-order chi connectivity index (χ0) is 22.7. The number of rotatable bonds is 5. The molecule has 4 aromatic rings. The van der Waals surface area contributed by atoms with E-state index in [2.05, 4.69) is 20.6 Å². The largest absolute Gasteiger partial charge is 0.496 e. The van der Waals surface area contributed by atoms with Gasteiger partial charge >= 0.3 is 0 Å². The molecular weight excluding hydrogens is 428 g/mol. The molecule has 8 nitrogen and oxygen atoms in total. The van der Waals surface area contributed by atoms with Crippen LogP contribution < -0.4 is 20.1 Å². The topological polar surface area (TPSA) is 98.5 Å². The highest BCUT2D eigenvalue weighted by molar-refractivity contribution is 7.80. The number of aromatic nitrogens is 2. The van der Waals surface area contributed by atoms with Crippen LogP contribution in [0, 0.1) is 6.92 Å². The van der Waals surface area contributed by atoms with Gasteiger partial charge in [0.2, 0.25) is 5.89 Å². The number of thiocarbonyl (C=S) groups is 1. The Balaban J connectivity index is 1.50. The second-order valence-electron chi connectivity index (χ2n) is 6.82. The molecular formula is C23H20N4O4S. The van der Waals surface area contributed by atoms with E-state index in [1.165, 1.54) is 14.2 Å². The second kappa shape index (κ2) is 9.03. The summed E-state index contributed by atoms with van der Waals surface area (Å²) < 4.78 is 16.3. The number of methoxy groups -OCH3 is 2. The Morgan fingerprint density at radius 1 is 1.06 bits per heavy atom. The van der Waals surface area contributed by atoms with E-state index < -0.39 is 5.91 Å². The molecule has 9 heteroatoms. The molecule has 4 rings (SSSR count). The Labute approximate surface area is 189 Å². The maximum absolute atomic E-state index is 12.8. The van der Waals surface area contributed by atoms with Gasteiger partial charge in [-0.3, -0.25) is 10.1 Å². The fourth-order valence-corrected chi connectivity index (χ4v) is 3.43. The van der Waals surface area contributed by atoms with Crippen molar-refractivity contribution in [2.75, 3.05) is 19.5 Å². The number of fused-ring (bicyclic) bond motifs is 1. The van der Waals surface area contributed by atoms with Crippen molar-refractivity contribution in [2.24, 2.45) is 0 Å². The van der Waals surface area contributed by atoms with Crippen molar-refractivity contribution >= 4 is 40.2 Å². The van der Waals surface area contributed by atoms with Gasteiger partial charge in [0, 0.05) is 17.4 Å². The number of hydrogen-bond acceptors (Lipinski definition) is 7. The molecule has 0 aliphatic carbocycles. The van der Waals surface area contributed by atoms with Crippen molar-refractivity contribution in [3.8, 4) is 23.0 Å². The molecule has 0 bridgehead atoms. The Morgan fingerprint density at radius 2 is 1.81 bits per heavy atom. The number of benzene rings is 2. The van der Waals surface area contributed by atoms with Gasteiger partial charge in [0.05, 0.1) is 14.2 Å². The number of anilines is 1. The van der Waals surface area contributed by atoms with Crippen molar-refractivity contribution < 1.29 is 18.7 Å². The molecule has 0 aliphatic heterocycles. The highest BCUT2D eigenvalue weighted by atomic mass is 32.1. The van der Waals surface area contributed by atoms with Crippen LogP contribution in [0.15, 0.2) is 59.1 Å². The summed E-state index contributed by atoms with van der Waals surface area (Å²) in [4.78, 5) is 21.4. The average Bonchev–Trinajstić information content (AvgIpc) is 3.24. The lowest BCUT2D eigenvalue weighted by Crippen LogP contribution is -2.34. The third kappa shape index (κ3) is 4.23. The van der Waals surface area contributed by atoms with Crippen LogP contribution >= 0.6 is 12.2 Å². The lowest BCUT2D eigenvalue weighted by molar-refractivity contribution is 0.0971. The van der Waals surface area contributed by atoms with E-state index in [0.717, 1.165) is 16.8 Å². The molecule has 0 unspecified atom stereocenters. The number of nitrogens with zero attached hydrogens (tertiary/aromatic N) is 2. The van der Waals surface area contributed by atoms with Crippen LogP contribution in [0.25, 0.3) is 22.7 Å². The van der Waals surface area contributed by atoms with Gasteiger partial charge in [-0.15, -0.1) is 0 Å². The summed E-state index contributed by atoms with van der Waals surface area (Å²) >= 11 is 5.34. The van der Waals surface area contributed by atoms with Crippen LogP contribution in [-0.2, 0) is 0 Å². The number of aryl methyl sites for hydroxylation is 1. The van der Waals surface area contributed by atoms with Crippen LogP contribution in [-0.4, -0.2) is 35.2 Å². The minimum absolute atomic E-state index is 0.143. The molecule has 0 saturated heterocycles. The van der Waals surface area contributed by atoms with Crippen molar-refractivity contribution in [1.82, 2.24) is 15.3 Å². The number of carbonyl (C=O) groups excluding carboxylic acids is 1. The number of nitrogens with one attached hydrogen (secondary N) is 2. The normalized spacial score (nSPS) is 10.6. The van der Waals surface area contributed by atoms with E-state index in [0.29, 0.717) is 28.6 Å². The Kier molecular flexibility index (Phi) is 6.00. The smallest absolute Gasteiger partial charge is 0.264 e. The second-order valence-corrected chi connectivity index (χ2v) is 7.23. The molecule has 0 atom stereocenters. The highest BCUT2D eigenvalue weighted by Crippen LogP contribution is 2.29. The molecule has 0 spiro atoms. The Hall–Kier alpha value is -3.98. The lowest BCUT2D eigenvalue weighted by Gasteiger charge is -2.15. The van der Waals surface area contributed by atoms with Crippen molar-refractivity contribution in [2.45, 2.75) is 6.92 Å². The van der Waals surface area contributed by atoms with E-state index in [1.54, 1.807) is 30.5 Å². The van der Waals surface area contributed by atoms with Crippen LogP contribution in [0.1, 0.15) is 15.9 Å². The lowest BCUT2D eigenvalue weighted by atomic mass is 10.1. The van der Waals surface area contributed by atoms with Gasteiger partial charge in [0.1, 0.15) is 17.1 Å². The predicted molar refractivity (Wildman–Crippen MR) is 125 cm³/mol. The molecule has 2 heterocycles. The van der Waals surface area contributed by atoms with Crippen molar-refractivity contribution in [3.63, 3.8) is 0 Å². The summed E-state index contributed by atoms with van der Waals surface area (Å²) in [5.41, 5.74) is 3.87. The Morgan fingerprint density at radius 3 is 2.47 bits per heavy atom. The quantitative estimate of drug-likeness (QED) is 0.435. The predicted octanol–water partition coefficient (Wildman–Crippen LogP) is 4.34.